The molecule has 1 saturated heterocycles. The molecule has 1 aliphatic heterocycles. The van der Waals surface area contributed by atoms with E-state index in [0.29, 0.717) is 29.8 Å². The van der Waals surface area contributed by atoms with Crippen molar-refractivity contribution in [2.24, 2.45) is 5.10 Å². The van der Waals surface area contributed by atoms with Gasteiger partial charge in [-0.1, -0.05) is 30.9 Å². The Kier molecular flexibility index (Phi) is 4.66. The summed E-state index contributed by atoms with van der Waals surface area (Å²) in [6.45, 7) is 1.74. The number of aryl methyl sites for hydroxylation is 1. The molecule has 1 N–H and O–H groups in total. The summed E-state index contributed by atoms with van der Waals surface area (Å²) in [5.74, 6) is -0.686. The molecule has 2 fully saturated rings. The Hall–Kier alpha value is -2.74. The summed E-state index contributed by atoms with van der Waals surface area (Å²) in [7, 11) is 0. The number of rotatable bonds is 3. The highest BCUT2D eigenvalue weighted by molar-refractivity contribution is 6.32. The van der Waals surface area contributed by atoms with E-state index in [0.717, 1.165) is 24.3 Å². The highest BCUT2D eigenvalue weighted by Crippen LogP contribution is 2.34. The molecule has 0 unspecified atom stereocenters. The minimum absolute atomic E-state index is 0.257. The number of hydrogen-bond donors (Lipinski definition) is 1. The van der Waals surface area contributed by atoms with Crippen molar-refractivity contribution in [3.05, 3.63) is 46.5 Å². The lowest BCUT2D eigenvalue weighted by Gasteiger charge is -2.29. The van der Waals surface area contributed by atoms with Gasteiger partial charge in [-0.15, -0.1) is 5.01 Å². The number of carbonyl (C=O) groups excluding carboxylic acids is 2. The van der Waals surface area contributed by atoms with Crippen LogP contribution in [0, 0.1) is 12.7 Å². The largest absolute Gasteiger partial charge is 0.346 e. The van der Waals surface area contributed by atoms with Gasteiger partial charge in [-0.25, -0.2) is 13.9 Å². The highest BCUT2D eigenvalue weighted by atomic mass is 35.5. The van der Waals surface area contributed by atoms with Gasteiger partial charge in [0, 0.05) is 0 Å². The Balaban J connectivity index is 1.61. The molecule has 1 saturated carbocycles. The van der Waals surface area contributed by atoms with E-state index in [-0.39, 0.29) is 16.9 Å². The average molecular weight is 404 g/mol. The van der Waals surface area contributed by atoms with Crippen molar-refractivity contribution in [2.75, 3.05) is 0 Å². The van der Waals surface area contributed by atoms with Gasteiger partial charge in [0.2, 0.25) is 0 Å². The number of aromatic nitrogens is 2. The molecule has 3 amide bonds. The number of hydrogen-bond acceptors (Lipinski definition) is 4. The van der Waals surface area contributed by atoms with Gasteiger partial charge in [-0.2, -0.15) is 10.2 Å². The third-order valence-corrected chi connectivity index (χ3v) is 5.63. The molecule has 0 bridgehead atoms. The molecule has 1 aliphatic carbocycles. The normalized spacial score (nSPS) is 19.0. The first-order chi connectivity index (χ1) is 13.4. The van der Waals surface area contributed by atoms with Crippen LogP contribution in [0.3, 0.4) is 0 Å². The summed E-state index contributed by atoms with van der Waals surface area (Å²) >= 11 is 6.42. The van der Waals surface area contributed by atoms with E-state index < -0.39 is 11.6 Å². The number of amides is 3. The lowest BCUT2D eigenvalue weighted by Crippen LogP contribution is -2.48. The fourth-order valence-corrected chi connectivity index (χ4v) is 4.05. The molecule has 9 heteroatoms. The number of halogens is 2. The third-order valence-electron chi connectivity index (χ3n) is 5.27. The first-order valence-electron chi connectivity index (χ1n) is 9.13. The van der Waals surface area contributed by atoms with Crippen LogP contribution in [0.15, 0.2) is 29.4 Å². The number of urea groups is 1. The number of nitrogens with zero attached hydrogens (tertiary/aromatic N) is 4. The maximum absolute atomic E-state index is 13.1. The molecular formula is C19H19ClFN5O2. The maximum atomic E-state index is 13.1. The Morgan fingerprint density at radius 1 is 1.21 bits per heavy atom. The van der Waals surface area contributed by atoms with Gasteiger partial charge < -0.3 is 5.32 Å². The third kappa shape index (κ3) is 3.07. The summed E-state index contributed by atoms with van der Waals surface area (Å²) < 4.78 is 14.6. The first kappa shape index (κ1) is 18.6. The van der Waals surface area contributed by atoms with Gasteiger partial charge >= 0.3 is 6.03 Å². The smallest absolute Gasteiger partial charge is 0.321 e. The Labute approximate surface area is 166 Å². The molecule has 7 nitrogen and oxygen atoms in total. The number of nitrogens with one attached hydrogen (secondary N) is 1. The summed E-state index contributed by atoms with van der Waals surface area (Å²) in [6, 6.07) is 5.21. The van der Waals surface area contributed by atoms with Crippen LogP contribution in [0.2, 0.25) is 5.15 Å². The maximum Gasteiger partial charge on any atom is 0.346 e. The molecular weight excluding hydrogens is 385 g/mol. The quantitative estimate of drug-likeness (QED) is 0.628. The van der Waals surface area contributed by atoms with E-state index in [1.807, 2.05) is 0 Å². The molecule has 0 atom stereocenters. The fourth-order valence-electron chi connectivity index (χ4n) is 3.73. The SMILES string of the molecule is Cc1nn(-c2ccc(F)cc2)c(Cl)c1/C=N\N1C(=O)NC2(CCCCC2)C1=O. The van der Waals surface area contributed by atoms with E-state index in [9.17, 15) is 14.0 Å². The van der Waals surface area contributed by atoms with E-state index in [2.05, 4.69) is 15.5 Å². The van der Waals surface area contributed by atoms with Crippen molar-refractivity contribution in [1.82, 2.24) is 20.1 Å². The van der Waals surface area contributed by atoms with Crippen molar-refractivity contribution >= 4 is 29.8 Å². The van der Waals surface area contributed by atoms with Crippen LogP contribution < -0.4 is 5.32 Å². The zero-order chi connectivity index (χ0) is 19.9. The lowest BCUT2D eigenvalue weighted by atomic mass is 9.82. The molecule has 2 heterocycles. The van der Waals surface area contributed by atoms with Gasteiger partial charge in [0.05, 0.1) is 23.2 Å². The molecule has 1 aromatic carbocycles. The Morgan fingerprint density at radius 3 is 2.57 bits per heavy atom. The van der Waals surface area contributed by atoms with Crippen molar-refractivity contribution in [2.45, 2.75) is 44.6 Å². The Morgan fingerprint density at radius 2 is 1.89 bits per heavy atom. The molecule has 146 valence electrons. The predicted octanol–water partition coefficient (Wildman–Crippen LogP) is 3.56. The summed E-state index contributed by atoms with van der Waals surface area (Å²) in [5, 5.41) is 12.4. The summed E-state index contributed by atoms with van der Waals surface area (Å²) in [4.78, 5) is 25.1. The molecule has 1 spiro atoms. The number of benzene rings is 1. The van der Waals surface area contributed by atoms with Crippen LogP contribution in [0.1, 0.15) is 43.4 Å². The van der Waals surface area contributed by atoms with Crippen molar-refractivity contribution < 1.29 is 14.0 Å². The zero-order valence-electron chi connectivity index (χ0n) is 15.3. The zero-order valence-corrected chi connectivity index (χ0v) is 16.0. The molecule has 2 aliphatic rings. The lowest BCUT2D eigenvalue weighted by molar-refractivity contribution is -0.132. The van der Waals surface area contributed by atoms with Crippen LogP contribution in [0.25, 0.3) is 5.69 Å². The molecule has 1 aromatic heterocycles. The molecule has 2 aromatic rings. The van der Waals surface area contributed by atoms with Gasteiger partial charge in [-0.3, -0.25) is 4.79 Å². The number of carbonyl (C=O) groups is 2. The van der Waals surface area contributed by atoms with Crippen LogP contribution in [-0.4, -0.2) is 38.5 Å². The fraction of sp³-hybridized carbons (Fsp3) is 0.368. The Bertz CT molecular complexity index is 963. The predicted molar refractivity (Wildman–Crippen MR) is 102 cm³/mol. The highest BCUT2D eigenvalue weighted by Gasteiger charge is 2.51. The second-order valence-electron chi connectivity index (χ2n) is 7.11. The van der Waals surface area contributed by atoms with Crippen LogP contribution in [0.5, 0.6) is 0 Å². The van der Waals surface area contributed by atoms with E-state index in [4.69, 9.17) is 11.6 Å². The second-order valence-corrected chi connectivity index (χ2v) is 7.47. The summed E-state index contributed by atoms with van der Waals surface area (Å²) in [5.41, 5.74) is 0.808. The molecule has 4 rings (SSSR count). The first-order valence-corrected chi connectivity index (χ1v) is 9.51. The average Bonchev–Trinajstić information content (AvgIpc) is 3.08. The number of imide groups is 1. The van der Waals surface area contributed by atoms with Crippen molar-refractivity contribution in [1.29, 1.82) is 0 Å². The van der Waals surface area contributed by atoms with E-state index in [1.54, 1.807) is 19.1 Å². The van der Waals surface area contributed by atoms with Gasteiger partial charge in [0.1, 0.15) is 16.5 Å². The topological polar surface area (TPSA) is 79.6 Å². The minimum Gasteiger partial charge on any atom is -0.321 e. The standard InChI is InChI=1S/C19H19ClFN5O2/c1-12-15(16(20)25(24-12)14-7-5-13(21)6-8-14)11-22-26-17(27)19(23-18(26)28)9-3-2-4-10-19/h5-8,11H,2-4,9-10H2,1H3,(H,23,28)/b22-11-. The minimum atomic E-state index is -0.830. The summed E-state index contributed by atoms with van der Waals surface area (Å²) in [6.07, 6.45) is 5.49. The number of hydrazone groups is 1. The van der Waals surface area contributed by atoms with Crippen LogP contribution in [-0.2, 0) is 4.79 Å². The van der Waals surface area contributed by atoms with Gasteiger partial charge in [0.25, 0.3) is 5.91 Å². The molecule has 28 heavy (non-hydrogen) atoms. The van der Waals surface area contributed by atoms with Gasteiger partial charge in [-0.05, 0) is 44.0 Å². The van der Waals surface area contributed by atoms with Crippen molar-refractivity contribution in [3.8, 4) is 5.69 Å². The van der Waals surface area contributed by atoms with E-state index >= 15 is 0 Å². The van der Waals surface area contributed by atoms with Crippen molar-refractivity contribution in [3.63, 3.8) is 0 Å². The van der Waals surface area contributed by atoms with Crippen LogP contribution >= 0.6 is 11.6 Å². The second kappa shape index (κ2) is 7.01. The van der Waals surface area contributed by atoms with Gasteiger partial charge in [0.15, 0.2) is 0 Å². The molecule has 0 radical (unpaired) electrons. The monoisotopic (exact) mass is 403 g/mol. The van der Waals surface area contributed by atoms with Crippen LogP contribution in [0.4, 0.5) is 9.18 Å². The van der Waals surface area contributed by atoms with E-state index in [1.165, 1.54) is 23.0 Å².